The first kappa shape index (κ1) is 25.8. The Morgan fingerprint density at radius 1 is 1.14 bits per heavy atom. The number of likely N-dealkylation sites (tertiary alicyclic amines) is 1. The van der Waals surface area contributed by atoms with Crippen LogP contribution < -0.4 is 15.8 Å². The van der Waals surface area contributed by atoms with E-state index >= 15 is 0 Å². The number of rotatable bonds is 8. The van der Waals surface area contributed by atoms with Gasteiger partial charge >= 0.3 is 6.09 Å². The summed E-state index contributed by atoms with van der Waals surface area (Å²) in [6.45, 7) is 3.94. The lowest BCUT2D eigenvalue weighted by Crippen LogP contribution is -2.46. The molecule has 194 valence electrons. The molecule has 0 unspecified atom stereocenters. The van der Waals surface area contributed by atoms with Crippen LogP contribution in [0, 0.1) is 0 Å². The van der Waals surface area contributed by atoms with Crippen LogP contribution in [-0.4, -0.2) is 97.4 Å². The summed E-state index contributed by atoms with van der Waals surface area (Å²) in [5.74, 6) is -0.0536. The Morgan fingerprint density at radius 2 is 1.86 bits per heavy atom. The van der Waals surface area contributed by atoms with Gasteiger partial charge in [-0.3, -0.25) is 4.79 Å². The third kappa shape index (κ3) is 6.09. The van der Waals surface area contributed by atoms with Crippen LogP contribution in [0.1, 0.15) is 19.3 Å². The highest BCUT2D eigenvalue weighted by atomic mass is 32.2. The third-order valence-corrected chi connectivity index (χ3v) is 8.16. The molecule has 2 fully saturated rings. The lowest BCUT2D eigenvalue weighted by molar-refractivity contribution is -0.127. The zero-order valence-electron chi connectivity index (χ0n) is 20.2. The van der Waals surface area contributed by atoms with Crippen LogP contribution in [0.25, 0.3) is 11.3 Å². The van der Waals surface area contributed by atoms with Gasteiger partial charge in [0.2, 0.25) is 15.9 Å². The number of carbonyl (C=O) groups is 2. The molecule has 0 spiro atoms. The van der Waals surface area contributed by atoms with Gasteiger partial charge in [0.1, 0.15) is 0 Å². The van der Waals surface area contributed by atoms with Crippen molar-refractivity contribution in [2.75, 3.05) is 58.6 Å². The molecule has 4 rings (SSSR count). The van der Waals surface area contributed by atoms with Crippen molar-refractivity contribution in [3.63, 3.8) is 0 Å². The van der Waals surface area contributed by atoms with Crippen LogP contribution >= 0.6 is 0 Å². The number of ether oxygens (including phenoxy) is 1. The van der Waals surface area contributed by atoms with Gasteiger partial charge in [0, 0.05) is 57.8 Å². The van der Waals surface area contributed by atoms with Crippen LogP contribution in [0.3, 0.4) is 0 Å². The van der Waals surface area contributed by atoms with E-state index in [2.05, 4.69) is 20.2 Å². The molecule has 2 amide bonds. The highest BCUT2D eigenvalue weighted by Crippen LogP contribution is 2.25. The number of hydrogen-bond acceptors (Lipinski definition) is 9. The van der Waals surface area contributed by atoms with E-state index in [4.69, 9.17) is 10.5 Å². The predicted octanol–water partition coefficient (Wildman–Crippen LogP) is 0.763. The number of sulfonamides is 1. The average molecular weight is 518 g/mol. The Hall–Kier alpha value is -3.29. The summed E-state index contributed by atoms with van der Waals surface area (Å²) in [7, 11) is -1.62. The summed E-state index contributed by atoms with van der Waals surface area (Å²) in [5, 5.41) is 2.62. The minimum Gasteiger partial charge on any atom is -0.387 e. The normalized spacial score (nSPS) is 17.4. The van der Waals surface area contributed by atoms with Crippen LogP contribution in [0.5, 0.6) is 5.88 Å². The van der Waals surface area contributed by atoms with E-state index in [9.17, 15) is 18.0 Å². The molecule has 0 saturated carbocycles. The van der Waals surface area contributed by atoms with Crippen LogP contribution in [0.4, 0.5) is 10.6 Å². The summed E-state index contributed by atoms with van der Waals surface area (Å²) in [5.41, 5.74) is 6.81. The van der Waals surface area contributed by atoms with Gasteiger partial charge in [0.15, 0.2) is 5.82 Å². The maximum absolute atomic E-state index is 12.9. The Kier molecular flexibility index (Phi) is 8.01. The minimum atomic E-state index is -3.58. The molecule has 2 aromatic rings. The minimum absolute atomic E-state index is 0.0502. The second-order valence-electron chi connectivity index (χ2n) is 8.83. The van der Waals surface area contributed by atoms with E-state index < -0.39 is 16.1 Å². The number of amides is 2. The van der Waals surface area contributed by atoms with E-state index in [0.717, 1.165) is 13.0 Å². The molecular weight excluding hydrogens is 486 g/mol. The predicted molar refractivity (Wildman–Crippen MR) is 133 cm³/mol. The van der Waals surface area contributed by atoms with Gasteiger partial charge < -0.3 is 25.6 Å². The summed E-state index contributed by atoms with van der Waals surface area (Å²) in [4.78, 5) is 36.2. The first-order valence-corrected chi connectivity index (χ1v) is 13.3. The number of anilines is 1. The number of hydrogen-bond donors (Lipinski definition) is 2. The molecule has 2 saturated heterocycles. The molecule has 2 aliphatic heterocycles. The molecule has 1 aromatic carbocycles. The number of nitrogen functional groups attached to an aromatic ring is 1. The number of benzene rings is 1. The number of likely N-dealkylation sites (N-methyl/N-ethyl adjacent to an activating group) is 1. The van der Waals surface area contributed by atoms with Gasteiger partial charge in [0.05, 0.1) is 16.8 Å². The van der Waals surface area contributed by atoms with E-state index in [1.165, 1.54) is 22.6 Å². The van der Waals surface area contributed by atoms with E-state index in [1.54, 1.807) is 17.0 Å². The standard InChI is InChI=1S/C23H31N7O5S/c1-28-12-14-30(15-13-28)36(33,34)18-7-5-17(6-8-18)19-16-26-21(24)22(27-19)35-23(32)25-9-3-11-29-10-2-4-20(29)31/h5-8,16H,2-4,9-15H2,1H3,(H2,24,26)(H,25,32). The summed E-state index contributed by atoms with van der Waals surface area (Å²) in [6, 6.07) is 6.32. The molecular formula is C23H31N7O5S. The zero-order valence-corrected chi connectivity index (χ0v) is 21.0. The van der Waals surface area contributed by atoms with Crippen molar-refractivity contribution < 1.29 is 22.7 Å². The van der Waals surface area contributed by atoms with Crippen molar-refractivity contribution in [1.29, 1.82) is 0 Å². The van der Waals surface area contributed by atoms with Crippen molar-refractivity contribution in [1.82, 2.24) is 29.4 Å². The first-order chi connectivity index (χ1) is 17.2. The number of nitrogens with one attached hydrogen (secondary N) is 1. The Labute approximate surface area is 210 Å². The fraction of sp³-hybridized carbons (Fsp3) is 0.478. The highest BCUT2D eigenvalue weighted by molar-refractivity contribution is 7.89. The molecule has 1 aromatic heterocycles. The van der Waals surface area contributed by atoms with E-state index in [1.807, 2.05) is 7.05 Å². The van der Waals surface area contributed by atoms with Crippen molar-refractivity contribution in [3.05, 3.63) is 30.5 Å². The molecule has 3 heterocycles. The van der Waals surface area contributed by atoms with Gasteiger partial charge in [-0.25, -0.2) is 23.2 Å². The molecule has 0 atom stereocenters. The van der Waals surface area contributed by atoms with Crippen LogP contribution in [0.15, 0.2) is 35.4 Å². The molecule has 36 heavy (non-hydrogen) atoms. The summed E-state index contributed by atoms with van der Waals surface area (Å²) >= 11 is 0. The molecule has 13 heteroatoms. The lowest BCUT2D eigenvalue weighted by atomic mass is 10.2. The van der Waals surface area contributed by atoms with Crippen LogP contribution in [-0.2, 0) is 14.8 Å². The SMILES string of the molecule is CN1CCN(S(=O)(=O)c2ccc(-c3cnc(N)c(OC(=O)NCCCN4CCCC4=O)n3)cc2)CC1. The first-order valence-electron chi connectivity index (χ1n) is 11.9. The maximum Gasteiger partial charge on any atom is 0.414 e. The summed E-state index contributed by atoms with van der Waals surface area (Å²) < 4.78 is 32.6. The Balaban J connectivity index is 1.35. The number of piperazine rings is 1. The van der Waals surface area contributed by atoms with E-state index in [-0.39, 0.29) is 22.5 Å². The molecule has 12 nitrogen and oxygen atoms in total. The van der Waals surface area contributed by atoms with Gasteiger partial charge in [0.25, 0.3) is 5.88 Å². The Bertz CT molecular complexity index is 1200. The van der Waals surface area contributed by atoms with Crippen molar-refractivity contribution in [2.24, 2.45) is 0 Å². The zero-order chi connectivity index (χ0) is 25.7. The largest absolute Gasteiger partial charge is 0.414 e. The molecule has 3 N–H and O–H groups in total. The number of nitrogens with two attached hydrogens (primary N) is 1. The smallest absolute Gasteiger partial charge is 0.387 e. The number of nitrogens with zero attached hydrogens (tertiary/aromatic N) is 5. The molecule has 2 aliphatic rings. The topological polar surface area (TPSA) is 151 Å². The van der Waals surface area contributed by atoms with Crippen molar-refractivity contribution in [3.8, 4) is 17.1 Å². The quantitative estimate of drug-likeness (QED) is 0.484. The van der Waals surface area contributed by atoms with Gasteiger partial charge in [-0.05, 0) is 32.0 Å². The van der Waals surface area contributed by atoms with Crippen molar-refractivity contribution in [2.45, 2.75) is 24.2 Å². The second kappa shape index (κ2) is 11.2. The number of aromatic nitrogens is 2. The molecule has 0 radical (unpaired) electrons. The third-order valence-electron chi connectivity index (χ3n) is 6.25. The lowest BCUT2D eigenvalue weighted by Gasteiger charge is -2.31. The van der Waals surface area contributed by atoms with Gasteiger partial charge in [-0.15, -0.1) is 0 Å². The monoisotopic (exact) mass is 517 g/mol. The van der Waals surface area contributed by atoms with E-state index in [0.29, 0.717) is 63.4 Å². The van der Waals surface area contributed by atoms with Crippen LogP contribution in [0.2, 0.25) is 0 Å². The molecule has 0 bridgehead atoms. The Morgan fingerprint density at radius 3 is 2.53 bits per heavy atom. The number of carbonyl (C=O) groups excluding carboxylic acids is 2. The fourth-order valence-corrected chi connectivity index (χ4v) is 5.52. The maximum atomic E-state index is 12.9. The fourth-order valence-electron chi connectivity index (χ4n) is 4.10. The van der Waals surface area contributed by atoms with Crippen molar-refractivity contribution >= 4 is 27.8 Å². The van der Waals surface area contributed by atoms with Gasteiger partial charge in [-0.1, -0.05) is 12.1 Å². The summed E-state index contributed by atoms with van der Waals surface area (Å²) in [6.07, 6.45) is 2.76. The second-order valence-corrected chi connectivity index (χ2v) is 10.8. The molecule has 0 aliphatic carbocycles. The average Bonchev–Trinajstić information content (AvgIpc) is 3.28. The van der Waals surface area contributed by atoms with Gasteiger partial charge in [-0.2, -0.15) is 4.31 Å². The highest BCUT2D eigenvalue weighted by Gasteiger charge is 2.27.